The number of nitrogens with one attached hydrogen (secondary N) is 1. The average molecular weight is 378 g/mol. The number of aryl methyl sites for hydroxylation is 2. The number of hydrogen-bond acceptors (Lipinski definition) is 6. The molecule has 0 saturated carbocycles. The zero-order valence-corrected chi connectivity index (χ0v) is 15.3. The summed E-state index contributed by atoms with van der Waals surface area (Å²) >= 11 is 1.40. The molecule has 0 aliphatic heterocycles. The maximum Gasteiger partial charge on any atom is 0.276 e. The number of nitro groups is 1. The summed E-state index contributed by atoms with van der Waals surface area (Å²) in [5, 5.41) is 21.0. The number of aromatic nitrogens is 2. The highest BCUT2D eigenvalue weighted by atomic mass is 32.1. The van der Waals surface area contributed by atoms with Crippen molar-refractivity contribution in [2.75, 3.05) is 0 Å². The lowest BCUT2D eigenvalue weighted by molar-refractivity contribution is -0.385. The molecule has 27 heavy (non-hydrogen) atoms. The summed E-state index contributed by atoms with van der Waals surface area (Å²) in [6, 6.07) is 8.29. The van der Waals surface area contributed by atoms with Gasteiger partial charge >= 0.3 is 0 Å². The van der Waals surface area contributed by atoms with Gasteiger partial charge in [0.2, 0.25) is 0 Å². The van der Waals surface area contributed by atoms with Crippen molar-refractivity contribution in [3.8, 4) is 6.07 Å². The van der Waals surface area contributed by atoms with E-state index in [1.165, 1.54) is 35.6 Å². The predicted molar refractivity (Wildman–Crippen MR) is 105 cm³/mol. The van der Waals surface area contributed by atoms with Gasteiger partial charge in [-0.25, -0.2) is 4.98 Å². The third-order valence-electron chi connectivity index (χ3n) is 4.09. The summed E-state index contributed by atoms with van der Waals surface area (Å²) in [7, 11) is 0. The summed E-state index contributed by atoms with van der Waals surface area (Å²) in [4.78, 5) is 31.5. The first kappa shape index (κ1) is 18.2. The molecule has 0 amide bonds. The summed E-state index contributed by atoms with van der Waals surface area (Å²) < 4.78 is 0. The maximum absolute atomic E-state index is 12.4. The van der Waals surface area contributed by atoms with Crippen molar-refractivity contribution in [3.63, 3.8) is 0 Å². The molecule has 0 saturated heterocycles. The minimum absolute atomic E-state index is 0.0295. The van der Waals surface area contributed by atoms with Gasteiger partial charge in [0.05, 0.1) is 21.4 Å². The molecular weight excluding hydrogens is 364 g/mol. The summed E-state index contributed by atoms with van der Waals surface area (Å²) in [6.07, 6.45) is 4.52. The third kappa shape index (κ3) is 3.54. The lowest BCUT2D eigenvalue weighted by atomic mass is 10.1. The van der Waals surface area contributed by atoms with E-state index in [1.807, 2.05) is 19.9 Å². The Hall–Kier alpha value is -3.57. The number of rotatable bonds is 4. The van der Waals surface area contributed by atoms with Crippen molar-refractivity contribution in [3.05, 3.63) is 78.7 Å². The maximum atomic E-state index is 12.4. The Labute approximate surface area is 158 Å². The van der Waals surface area contributed by atoms with E-state index in [9.17, 15) is 20.2 Å². The fourth-order valence-corrected chi connectivity index (χ4v) is 3.62. The number of fused-ring (bicyclic) bond motifs is 1. The number of aromatic amines is 1. The number of nitriles is 1. The molecule has 1 aromatic carbocycles. The molecule has 0 atom stereocenters. The molecule has 1 N–H and O–H groups in total. The van der Waals surface area contributed by atoms with Gasteiger partial charge in [-0.3, -0.25) is 14.9 Å². The minimum atomic E-state index is -0.469. The van der Waals surface area contributed by atoms with E-state index >= 15 is 0 Å². The van der Waals surface area contributed by atoms with Crippen LogP contribution in [0.15, 0.2) is 41.2 Å². The summed E-state index contributed by atoms with van der Waals surface area (Å²) in [5.74, 6) is 0.170. The van der Waals surface area contributed by atoms with E-state index in [0.29, 0.717) is 15.8 Å². The van der Waals surface area contributed by atoms with Gasteiger partial charge in [0.1, 0.15) is 10.9 Å². The summed E-state index contributed by atoms with van der Waals surface area (Å²) in [5.41, 5.74) is 1.14. The molecule has 7 nitrogen and oxygen atoms in total. The van der Waals surface area contributed by atoms with Gasteiger partial charge in [0.25, 0.3) is 11.2 Å². The fourth-order valence-electron chi connectivity index (χ4n) is 2.59. The largest absolute Gasteiger partial charge is 0.305 e. The van der Waals surface area contributed by atoms with Gasteiger partial charge in [-0.1, -0.05) is 18.2 Å². The molecule has 0 aliphatic carbocycles. The molecule has 2 aromatic heterocycles. The molecule has 0 radical (unpaired) electrons. The molecule has 134 valence electrons. The van der Waals surface area contributed by atoms with E-state index in [0.717, 1.165) is 10.4 Å². The van der Waals surface area contributed by atoms with E-state index in [-0.39, 0.29) is 22.6 Å². The molecule has 0 bridgehead atoms. The van der Waals surface area contributed by atoms with Crippen molar-refractivity contribution in [2.45, 2.75) is 13.8 Å². The molecule has 2 heterocycles. The lowest BCUT2D eigenvalue weighted by Gasteiger charge is -1.99. The number of para-hydroxylation sites is 1. The Bertz CT molecular complexity index is 1210. The van der Waals surface area contributed by atoms with Gasteiger partial charge in [-0.2, -0.15) is 5.26 Å². The second-order valence-corrected chi connectivity index (χ2v) is 6.95. The van der Waals surface area contributed by atoms with Crippen LogP contribution in [0, 0.1) is 35.3 Å². The number of H-pyrrole nitrogens is 1. The van der Waals surface area contributed by atoms with Gasteiger partial charge in [-0.05, 0) is 37.6 Å². The highest BCUT2D eigenvalue weighted by molar-refractivity contribution is 7.18. The first-order valence-electron chi connectivity index (χ1n) is 7.94. The van der Waals surface area contributed by atoms with Gasteiger partial charge in [0.15, 0.2) is 5.82 Å². The van der Waals surface area contributed by atoms with Crippen LogP contribution in [0.3, 0.4) is 0 Å². The van der Waals surface area contributed by atoms with Gasteiger partial charge in [-0.15, -0.1) is 11.3 Å². The first-order chi connectivity index (χ1) is 12.9. The fraction of sp³-hybridized carbons (Fsp3) is 0.105. The van der Waals surface area contributed by atoms with Crippen molar-refractivity contribution in [1.29, 1.82) is 5.26 Å². The highest BCUT2D eigenvalue weighted by Gasteiger charge is 2.13. The third-order valence-corrected chi connectivity index (χ3v) is 5.19. The Kier molecular flexibility index (Phi) is 4.96. The SMILES string of the molecule is Cc1sc2nc(/C(C#N)=C/C=C/c3ccccc3[N+](=O)[O-])[nH]c(=O)c2c1C. The normalized spacial score (nSPS) is 11.8. The summed E-state index contributed by atoms with van der Waals surface area (Å²) in [6.45, 7) is 3.78. The molecule has 8 heteroatoms. The van der Waals surface area contributed by atoms with E-state index in [2.05, 4.69) is 9.97 Å². The monoisotopic (exact) mass is 378 g/mol. The van der Waals surface area contributed by atoms with Crippen molar-refractivity contribution in [1.82, 2.24) is 9.97 Å². The van der Waals surface area contributed by atoms with Crippen LogP contribution in [0.4, 0.5) is 5.69 Å². The van der Waals surface area contributed by atoms with Crippen LogP contribution >= 0.6 is 11.3 Å². The number of nitro benzene ring substituents is 1. The van der Waals surface area contributed by atoms with Crippen molar-refractivity contribution in [2.24, 2.45) is 0 Å². The highest BCUT2D eigenvalue weighted by Crippen LogP contribution is 2.26. The van der Waals surface area contributed by atoms with E-state index < -0.39 is 4.92 Å². The molecule has 0 aliphatic rings. The average Bonchev–Trinajstić information content (AvgIpc) is 2.93. The Morgan fingerprint density at radius 2 is 2.11 bits per heavy atom. The van der Waals surface area contributed by atoms with Crippen LogP contribution in [0.5, 0.6) is 0 Å². The number of nitrogens with zero attached hydrogens (tertiary/aromatic N) is 3. The van der Waals surface area contributed by atoms with Crippen LogP contribution in [-0.2, 0) is 0 Å². The van der Waals surface area contributed by atoms with Crippen molar-refractivity contribution >= 4 is 38.9 Å². The topological polar surface area (TPSA) is 113 Å². The quantitative estimate of drug-likeness (QED) is 0.317. The number of thiophene rings is 1. The first-order valence-corrected chi connectivity index (χ1v) is 8.76. The second kappa shape index (κ2) is 7.35. The standard InChI is InChI=1S/C19H14N4O3S/c1-11-12(2)27-19-16(11)18(24)21-17(22-19)14(10-20)8-5-7-13-6-3-4-9-15(13)23(25)26/h3-9H,1-2H3,(H,21,22,24)/b7-5+,14-8+. The molecule has 0 fully saturated rings. The van der Waals surface area contributed by atoms with Gasteiger partial charge in [0, 0.05) is 10.9 Å². The Morgan fingerprint density at radius 3 is 2.81 bits per heavy atom. The number of allylic oxidation sites excluding steroid dienone is 3. The Morgan fingerprint density at radius 1 is 1.37 bits per heavy atom. The molecule has 3 aromatic rings. The van der Waals surface area contributed by atoms with Crippen LogP contribution in [-0.4, -0.2) is 14.9 Å². The Balaban J connectivity index is 2.01. The van der Waals surface area contributed by atoms with Crippen LogP contribution < -0.4 is 5.56 Å². The minimum Gasteiger partial charge on any atom is -0.305 e. The van der Waals surface area contributed by atoms with E-state index in [1.54, 1.807) is 18.2 Å². The van der Waals surface area contributed by atoms with Gasteiger partial charge < -0.3 is 4.98 Å². The van der Waals surface area contributed by atoms with Crippen LogP contribution in [0.25, 0.3) is 21.9 Å². The zero-order valence-electron chi connectivity index (χ0n) is 14.5. The number of benzene rings is 1. The van der Waals surface area contributed by atoms with Crippen LogP contribution in [0.2, 0.25) is 0 Å². The smallest absolute Gasteiger partial charge is 0.276 e. The number of hydrogen-bond donors (Lipinski definition) is 1. The lowest BCUT2D eigenvalue weighted by Crippen LogP contribution is -2.10. The predicted octanol–water partition coefficient (Wildman–Crippen LogP) is 4.13. The zero-order chi connectivity index (χ0) is 19.6. The van der Waals surface area contributed by atoms with Crippen LogP contribution in [0.1, 0.15) is 21.8 Å². The molecule has 0 spiro atoms. The molecular formula is C19H14N4O3S. The molecule has 0 unspecified atom stereocenters. The molecule has 3 rings (SSSR count). The van der Waals surface area contributed by atoms with E-state index in [4.69, 9.17) is 0 Å². The second-order valence-electron chi connectivity index (χ2n) is 5.75. The van der Waals surface area contributed by atoms with Crippen molar-refractivity contribution < 1.29 is 4.92 Å².